The smallest absolute Gasteiger partial charge is 0.200 e. The van der Waals surface area contributed by atoms with Gasteiger partial charge in [0, 0.05) is 30.3 Å². The van der Waals surface area contributed by atoms with Gasteiger partial charge in [0.1, 0.15) is 24.4 Å². The number of benzene rings is 2. The van der Waals surface area contributed by atoms with E-state index in [0.29, 0.717) is 48.1 Å². The molecule has 10 heteroatoms. The highest BCUT2D eigenvalue weighted by Crippen LogP contribution is 2.48. The van der Waals surface area contributed by atoms with E-state index in [1.165, 1.54) is 7.11 Å². The van der Waals surface area contributed by atoms with Gasteiger partial charge in [-0.15, -0.1) is 6.58 Å². The van der Waals surface area contributed by atoms with Crippen LogP contribution in [0.3, 0.4) is 0 Å². The van der Waals surface area contributed by atoms with Crippen LogP contribution in [0.1, 0.15) is 30.1 Å². The van der Waals surface area contributed by atoms with E-state index in [1.54, 1.807) is 36.5 Å². The van der Waals surface area contributed by atoms with Gasteiger partial charge in [0.25, 0.3) is 0 Å². The minimum Gasteiger partial charge on any atom is -1.00 e. The van der Waals surface area contributed by atoms with E-state index in [2.05, 4.69) is 11.6 Å². The van der Waals surface area contributed by atoms with E-state index in [9.17, 15) is 27.1 Å². The van der Waals surface area contributed by atoms with E-state index >= 15 is 0 Å². The third-order valence-electron chi connectivity index (χ3n) is 8.11. The number of piperidine rings is 3. The number of rotatable bonds is 6. The van der Waals surface area contributed by atoms with Crippen molar-refractivity contribution in [3.05, 3.63) is 83.3 Å². The van der Waals surface area contributed by atoms with Crippen LogP contribution >= 0.6 is 0 Å². The maximum atomic E-state index is 14.8. The third kappa shape index (κ3) is 4.42. The number of aliphatic hydroxyl groups is 1. The van der Waals surface area contributed by atoms with Crippen molar-refractivity contribution in [2.45, 2.75) is 31.5 Å². The van der Waals surface area contributed by atoms with Gasteiger partial charge >= 0.3 is 0 Å². The van der Waals surface area contributed by atoms with Gasteiger partial charge in [-0.05, 0) is 35.7 Å². The van der Waals surface area contributed by atoms with Crippen LogP contribution in [0, 0.1) is 40.9 Å². The number of hydrogen-bond donors (Lipinski definition) is 1. The predicted molar refractivity (Wildman–Crippen MR) is 123 cm³/mol. The Morgan fingerprint density at radius 2 is 1.78 bits per heavy atom. The Balaban J connectivity index is 0.00000320. The SMILES string of the molecule is C=C[C@H]1C[N+]2(Cc3c(F)c(F)c(F)c(F)c3F)CC[C@H]1C[C@H]2[C@H](O)c1ccnc2ccc(OC)cc12.[Br-]. The maximum Gasteiger partial charge on any atom is 0.200 e. The van der Waals surface area contributed by atoms with E-state index in [4.69, 9.17) is 4.74 Å². The Hall–Kier alpha value is -2.56. The lowest BCUT2D eigenvalue weighted by molar-refractivity contribution is -0.985. The van der Waals surface area contributed by atoms with E-state index in [-0.39, 0.29) is 33.3 Å². The molecule has 0 amide bonds. The first-order chi connectivity index (χ1) is 17.2. The van der Waals surface area contributed by atoms with Crippen LogP contribution in [-0.2, 0) is 6.54 Å². The van der Waals surface area contributed by atoms with E-state index in [1.807, 2.05) is 0 Å². The molecule has 198 valence electrons. The molecule has 2 aromatic carbocycles. The van der Waals surface area contributed by atoms with Crippen LogP contribution in [0.2, 0.25) is 0 Å². The average Bonchev–Trinajstić information content (AvgIpc) is 2.92. The summed E-state index contributed by atoms with van der Waals surface area (Å²) in [5, 5.41) is 12.4. The van der Waals surface area contributed by atoms with E-state index < -0.39 is 53.3 Å². The highest BCUT2D eigenvalue weighted by molar-refractivity contribution is 5.83. The monoisotopic (exact) mass is 584 g/mol. The molecular formula is C27H26BrF5N2O2. The Labute approximate surface area is 221 Å². The van der Waals surface area contributed by atoms with Crippen molar-refractivity contribution in [3.63, 3.8) is 0 Å². The lowest BCUT2D eigenvalue weighted by atomic mass is 9.71. The number of aliphatic hydroxyl groups excluding tert-OH is 1. The van der Waals surface area contributed by atoms with Gasteiger partial charge in [0.2, 0.25) is 5.82 Å². The Morgan fingerprint density at radius 1 is 1.11 bits per heavy atom. The summed E-state index contributed by atoms with van der Waals surface area (Å²) in [5.74, 6) is -8.98. The summed E-state index contributed by atoms with van der Waals surface area (Å²) in [6.07, 6.45) is 3.49. The molecule has 4 heterocycles. The molecule has 0 saturated carbocycles. The largest absolute Gasteiger partial charge is 1.00 e. The Morgan fingerprint density at radius 3 is 2.43 bits per heavy atom. The average molecular weight is 585 g/mol. The number of pyridine rings is 1. The van der Waals surface area contributed by atoms with Gasteiger partial charge in [-0.2, -0.15) is 0 Å². The molecule has 0 spiro atoms. The minimum atomic E-state index is -2.18. The zero-order valence-corrected chi connectivity index (χ0v) is 21.6. The number of aromatic nitrogens is 1. The summed E-state index contributed by atoms with van der Waals surface area (Å²) in [5.41, 5.74) is 0.355. The lowest BCUT2D eigenvalue weighted by Gasteiger charge is -2.58. The van der Waals surface area contributed by atoms with Crippen LogP contribution in [0.25, 0.3) is 10.9 Å². The van der Waals surface area contributed by atoms with Gasteiger partial charge in [-0.3, -0.25) is 4.98 Å². The van der Waals surface area contributed by atoms with Crippen molar-refractivity contribution in [2.24, 2.45) is 11.8 Å². The van der Waals surface area contributed by atoms with Crippen molar-refractivity contribution in [1.29, 1.82) is 0 Å². The zero-order valence-electron chi connectivity index (χ0n) is 20.0. The first-order valence-electron chi connectivity index (χ1n) is 11.8. The number of nitrogens with zero attached hydrogens (tertiary/aromatic N) is 2. The van der Waals surface area contributed by atoms with Gasteiger partial charge in [0.15, 0.2) is 23.3 Å². The molecule has 1 unspecified atom stereocenters. The topological polar surface area (TPSA) is 42.4 Å². The fourth-order valence-electron chi connectivity index (χ4n) is 6.22. The molecule has 3 aliphatic rings. The molecule has 0 aliphatic carbocycles. The maximum absolute atomic E-state index is 14.8. The van der Waals surface area contributed by atoms with Crippen molar-refractivity contribution in [1.82, 2.24) is 4.98 Å². The minimum absolute atomic E-state index is 0. The van der Waals surface area contributed by atoms with E-state index in [0.717, 1.165) is 0 Å². The zero-order chi connectivity index (χ0) is 25.8. The molecule has 2 bridgehead atoms. The molecular weight excluding hydrogens is 559 g/mol. The van der Waals surface area contributed by atoms with Crippen LogP contribution < -0.4 is 21.7 Å². The molecule has 5 atom stereocenters. The first kappa shape index (κ1) is 27.5. The second-order valence-corrected chi connectivity index (χ2v) is 9.81. The number of fused-ring (bicyclic) bond motifs is 4. The summed E-state index contributed by atoms with van der Waals surface area (Å²) < 4.78 is 76.7. The van der Waals surface area contributed by atoms with Crippen LogP contribution in [0.15, 0.2) is 43.1 Å². The van der Waals surface area contributed by atoms with Crippen LogP contribution in [0.5, 0.6) is 5.75 Å². The van der Waals surface area contributed by atoms with Gasteiger partial charge in [0.05, 0.1) is 31.3 Å². The van der Waals surface area contributed by atoms with Crippen molar-refractivity contribution in [3.8, 4) is 5.75 Å². The lowest BCUT2D eigenvalue weighted by Crippen LogP contribution is -3.00. The highest BCUT2D eigenvalue weighted by Gasteiger charge is 2.54. The van der Waals surface area contributed by atoms with Gasteiger partial charge in [-0.1, -0.05) is 6.08 Å². The third-order valence-corrected chi connectivity index (χ3v) is 8.11. The van der Waals surface area contributed by atoms with Gasteiger partial charge in [-0.25, -0.2) is 22.0 Å². The normalized spacial score (nSPS) is 25.5. The van der Waals surface area contributed by atoms with Crippen molar-refractivity contribution >= 4 is 10.9 Å². The number of hydrogen-bond acceptors (Lipinski definition) is 3. The summed E-state index contributed by atoms with van der Waals surface area (Å²) in [7, 11) is 1.53. The molecule has 3 saturated heterocycles. The summed E-state index contributed by atoms with van der Waals surface area (Å²) >= 11 is 0. The van der Waals surface area contributed by atoms with Crippen LogP contribution in [0.4, 0.5) is 22.0 Å². The molecule has 37 heavy (non-hydrogen) atoms. The molecule has 4 nitrogen and oxygen atoms in total. The molecule has 0 radical (unpaired) electrons. The molecule has 1 aromatic heterocycles. The highest BCUT2D eigenvalue weighted by atomic mass is 79.9. The Kier molecular flexibility index (Phi) is 7.65. The fraction of sp³-hybridized carbons (Fsp3) is 0.370. The molecule has 3 fully saturated rings. The number of ether oxygens (including phenoxy) is 1. The van der Waals surface area contributed by atoms with Crippen LogP contribution in [-0.4, -0.2) is 40.8 Å². The molecule has 3 aliphatic heterocycles. The number of methoxy groups -OCH3 is 1. The summed E-state index contributed by atoms with van der Waals surface area (Å²) in [6.45, 7) is 4.27. The van der Waals surface area contributed by atoms with Crippen molar-refractivity contribution < 1.29 is 53.3 Å². The second-order valence-electron chi connectivity index (χ2n) is 9.81. The fourth-order valence-corrected chi connectivity index (χ4v) is 6.22. The van der Waals surface area contributed by atoms with Crippen molar-refractivity contribution in [2.75, 3.05) is 20.2 Å². The number of halogens is 6. The quantitative estimate of drug-likeness (QED) is 0.159. The molecule has 1 N–H and O–H groups in total. The number of quaternary nitrogens is 1. The Bertz CT molecular complexity index is 1330. The first-order valence-corrected chi connectivity index (χ1v) is 11.8. The summed E-state index contributed by atoms with van der Waals surface area (Å²) in [6, 6.07) is 6.44. The van der Waals surface area contributed by atoms with Gasteiger partial charge < -0.3 is 31.3 Å². The summed E-state index contributed by atoms with van der Waals surface area (Å²) in [4.78, 5) is 4.35. The molecule has 6 rings (SSSR count). The standard InChI is InChI=1S/C27H26F5N2O2.BrH/c1-3-14-12-34(13-19-22(28)24(30)26(32)25(31)23(19)29)9-7-15(14)10-21(34)27(35)17-6-8-33-20-5-4-16(36-2)11-18(17)20;/h3-6,8,11,14-15,21,27,35H,1,7,9-10,12-13H2,2H3;1H/q+1;/p-1/t14-,15-,21-,27+,34?;/m0./s1. The predicted octanol–water partition coefficient (Wildman–Crippen LogP) is 2.59. The molecule has 3 aromatic rings. The second kappa shape index (κ2) is 10.3.